The first-order valence-corrected chi connectivity index (χ1v) is 4.62. The van der Waals surface area contributed by atoms with Gasteiger partial charge in [-0.1, -0.05) is 24.3 Å². The van der Waals surface area contributed by atoms with E-state index in [0.717, 1.165) is 5.01 Å². The van der Waals surface area contributed by atoms with Crippen molar-refractivity contribution in [1.82, 2.24) is 5.01 Å². The normalized spacial score (nSPS) is 10.1. The van der Waals surface area contributed by atoms with Gasteiger partial charge in [-0.2, -0.15) is 10.1 Å². The number of nitrogens with zero attached hydrogens (tertiary/aromatic N) is 2. The molecule has 0 aliphatic heterocycles. The van der Waals surface area contributed by atoms with E-state index in [1.165, 1.54) is 6.21 Å². The summed E-state index contributed by atoms with van der Waals surface area (Å²) in [6.45, 7) is 0. The molecule has 0 saturated carbocycles. The molecule has 0 radical (unpaired) electrons. The minimum Gasteiger partial charge on any atom is -0.368 e. The Morgan fingerprint density at radius 3 is 2.18 bits per heavy atom. The van der Waals surface area contributed by atoms with Crippen LogP contribution in [0.25, 0.3) is 0 Å². The van der Waals surface area contributed by atoms with Crippen molar-refractivity contribution in [2.75, 3.05) is 0 Å². The van der Waals surface area contributed by atoms with E-state index < -0.39 is 11.9 Å². The largest absolute Gasteiger partial charge is 0.368 e. The number of benzene rings is 1. The number of aldehydes is 1. The molecule has 88 valence electrons. The number of carbonyl (C=O) groups is 1. The molecule has 0 fully saturated rings. The summed E-state index contributed by atoms with van der Waals surface area (Å²) in [5, 5.41) is 18.8. The monoisotopic (exact) mass is 232 g/mol. The molecule has 7 nitrogen and oxygen atoms in total. The van der Waals surface area contributed by atoms with Crippen LogP contribution in [0.3, 0.4) is 0 Å². The number of nitrogens with two attached hydrogens (primary N) is 2. The van der Waals surface area contributed by atoms with Crippen molar-refractivity contribution in [1.29, 1.82) is 10.8 Å². The Morgan fingerprint density at radius 2 is 1.71 bits per heavy atom. The van der Waals surface area contributed by atoms with Crippen LogP contribution >= 0.6 is 0 Å². The molecule has 1 aromatic carbocycles. The molecule has 1 rings (SSSR count). The highest BCUT2D eigenvalue weighted by atomic mass is 16.1. The zero-order valence-electron chi connectivity index (χ0n) is 8.92. The summed E-state index contributed by atoms with van der Waals surface area (Å²) in [5.74, 6) is -0.949. The highest BCUT2D eigenvalue weighted by Gasteiger charge is 2.07. The first-order valence-electron chi connectivity index (χ1n) is 4.62. The second-order valence-corrected chi connectivity index (χ2v) is 3.07. The Balaban J connectivity index is 3.00. The maximum Gasteiger partial charge on any atom is 0.216 e. The Morgan fingerprint density at radius 1 is 1.18 bits per heavy atom. The van der Waals surface area contributed by atoms with Crippen LogP contribution in [-0.2, 0) is 0 Å². The minimum atomic E-state index is -0.475. The van der Waals surface area contributed by atoms with Crippen molar-refractivity contribution in [2.45, 2.75) is 0 Å². The summed E-state index contributed by atoms with van der Waals surface area (Å²) in [7, 11) is 0. The zero-order chi connectivity index (χ0) is 12.8. The van der Waals surface area contributed by atoms with Crippen LogP contribution in [0.1, 0.15) is 15.9 Å². The molecule has 0 aliphatic carbocycles. The number of hydrazone groups is 1. The molecule has 0 aliphatic rings. The minimum absolute atomic E-state index is 0.448. The van der Waals surface area contributed by atoms with Gasteiger partial charge in [0.2, 0.25) is 11.9 Å². The van der Waals surface area contributed by atoms with Crippen LogP contribution < -0.4 is 11.5 Å². The van der Waals surface area contributed by atoms with Gasteiger partial charge in [-0.15, -0.1) is 0 Å². The van der Waals surface area contributed by atoms with Gasteiger partial charge >= 0.3 is 0 Å². The van der Waals surface area contributed by atoms with Gasteiger partial charge in [0.15, 0.2) is 6.29 Å². The van der Waals surface area contributed by atoms with Crippen LogP contribution in [0.5, 0.6) is 0 Å². The van der Waals surface area contributed by atoms with Crippen LogP contribution in [-0.4, -0.2) is 29.4 Å². The van der Waals surface area contributed by atoms with Gasteiger partial charge in [-0.3, -0.25) is 15.6 Å². The summed E-state index contributed by atoms with van der Waals surface area (Å²) in [4.78, 5) is 10.7. The Labute approximate surface area is 97.7 Å². The quantitative estimate of drug-likeness (QED) is 0.251. The lowest BCUT2D eigenvalue weighted by Gasteiger charge is -2.13. The van der Waals surface area contributed by atoms with E-state index in [1.54, 1.807) is 24.3 Å². The lowest BCUT2D eigenvalue weighted by atomic mass is 10.1. The predicted octanol–water partition coefficient (Wildman–Crippen LogP) is -0.0781. The lowest BCUT2D eigenvalue weighted by Crippen LogP contribution is -2.41. The van der Waals surface area contributed by atoms with E-state index in [1.807, 2.05) is 0 Å². The summed E-state index contributed by atoms with van der Waals surface area (Å²) < 4.78 is 0. The average Bonchev–Trinajstić information content (AvgIpc) is 2.29. The van der Waals surface area contributed by atoms with E-state index in [0.29, 0.717) is 17.4 Å². The van der Waals surface area contributed by atoms with Crippen molar-refractivity contribution in [3.05, 3.63) is 35.4 Å². The molecular weight excluding hydrogens is 220 g/mol. The summed E-state index contributed by atoms with van der Waals surface area (Å²) in [6, 6.07) is 6.75. The van der Waals surface area contributed by atoms with Crippen molar-refractivity contribution >= 4 is 24.4 Å². The smallest absolute Gasteiger partial charge is 0.216 e. The molecular formula is C10H12N6O. The average molecular weight is 232 g/mol. The Bertz CT molecular complexity index is 467. The van der Waals surface area contributed by atoms with Crippen molar-refractivity contribution in [3.63, 3.8) is 0 Å². The van der Waals surface area contributed by atoms with Gasteiger partial charge in [0.1, 0.15) is 0 Å². The fraction of sp³-hybridized carbons (Fsp3) is 0. The molecule has 0 aromatic heterocycles. The summed E-state index contributed by atoms with van der Waals surface area (Å²) in [5.41, 5.74) is 11.4. The molecule has 0 amide bonds. The number of guanidine groups is 2. The molecule has 0 saturated heterocycles. The summed E-state index contributed by atoms with van der Waals surface area (Å²) in [6.07, 6.45) is 2.00. The second-order valence-electron chi connectivity index (χ2n) is 3.07. The van der Waals surface area contributed by atoms with E-state index in [9.17, 15) is 4.79 Å². The highest BCUT2D eigenvalue weighted by Crippen LogP contribution is 2.03. The van der Waals surface area contributed by atoms with Gasteiger partial charge in [0.25, 0.3) is 0 Å². The highest BCUT2D eigenvalue weighted by molar-refractivity contribution is 5.97. The molecule has 6 N–H and O–H groups in total. The van der Waals surface area contributed by atoms with Gasteiger partial charge < -0.3 is 11.5 Å². The maximum atomic E-state index is 10.7. The number of hydrogen-bond donors (Lipinski definition) is 4. The third kappa shape index (κ3) is 3.13. The fourth-order valence-electron chi connectivity index (χ4n) is 1.11. The maximum absolute atomic E-state index is 10.7. The lowest BCUT2D eigenvalue weighted by molar-refractivity contribution is 0.112. The van der Waals surface area contributed by atoms with Crippen molar-refractivity contribution < 1.29 is 4.79 Å². The SMILES string of the molecule is N=C(N)N(N=Cc1ccccc1C=O)C(=N)N. The summed E-state index contributed by atoms with van der Waals surface area (Å²) >= 11 is 0. The third-order valence-corrected chi connectivity index (χ3v) is 1.89. The third-order valence-electron chi connectivity index (χ3n) is 1.89. The van der Waals surface area contributed by atoms with Gasteiger partial charge in [-0.25, -0.2) is 0 Å². The standard InChI is InChI=1S/C10H12N6O/c11-9(12)16(10(13)14)15-5-7-3-1-2-4-8(7)6-17/h1-6H,(H3,11,12)(H3,13,14). The first kappa shape index (κ1) is 12.4. The zero-order valence-corrected chi connectivity index (χ0v) is 8.92. The number of rotatable bonds is 3. The number of nitrogens with one attached hydrogen (secondary N) is 2. The van der Waals surface area contributed by atoms with E-state index in [4.69, 9.17) is 22.3 Å². The van der Waals surface area contributed by atoms with Crippen LogP contribution in [0.15, 0.2) is 29.4 Å². The first-order chi connectivity index (χ1) is 8.06. The van der Waals surface area contributed by atoms with E-state index >= 15 is 0 Å². The Kier molecular flexibility index (Phi) is 3.93. The van der Waals surface area contributed by atoms with E-state index in [-0.39, 0.29) is 0 Å². The van der Waals surface area contributed by atoms with Crippen LogP contribution in [0, 0.1) is 10.8 Å². The number of hydrogen-bond acceptors (Lipinski definition) is 4. The molecule has 0 unspecified atom stereocenters. The molecule has 0 heterocycles. The molecule has 0 spiro atoms. The van der Waals surface area contributed by atoms with Gasteiger partial charge in [-0.05, 0) is 0 Å². The molecule has 0 bridgehead atoms. The van der Waals surface area contributed by atoms with Crippen LogP contribution in [0.2, 0.25) is 0 Å². The predicted molar refractivity (Wildman–Crippen MR) is 65.1 cm³/mol. The van der Waals surface area contributed by atoms with E-state index in [2.05, 4.69) is 5.10 Å². The fourth-order valence-corrected chi connectivity index (χ4v) is 1.11. The van der Waals surface area contributed by atoms with Crippen LogP contribution in [0.4, 0.5) is 0 Å². The Hall–Kier alpha value is -2.70. The van der Waals surface area contributed by atoms with Crippen molar-refractivity contribution in [2.24, 2.45) is 16.6 Å². The molecule has 1 aromatic rings. The topological polar surface area (TPSA) is 132 Å². The molecule has 17 heavy (non-hydrogen) atoms. The number of carbonyl (C=O) groups excluding carboxylic acids is 1. The second kappa shape index (κ2) is 5.40. The molecule has 0 atom stereocenters. The van der Waals surface area contributed by atoms with Gasteiger partial charge in [0, 0.05) is 11.1 Å². The molecule has 7 heteroatoms. The van der Waals surface area contributed by atoms with Gasteiger partial charge in [0.05, 0.1) is 6.21 Å². The van der Waals surface area contributed by atoms with Crippen molar-refractivity contribution in [3.8, 4) is 0 Å².